The predicted octanol–water partition coefficient (Wildman–Crippen LogP) is 1.27. The highest BCUT2D eigenvalue weighted by molar-refractivity contribution is 7.09. The van der Waals surface area contributed by atoms with Crippen LogP contribution in [0.15, 0.2) is 5.38 Å². The van der Waals surface area contributed by atoms with Gasteiger partial charge in [0.1, 0.15) is 10.7 Å². The Morgan fingerprint density at radius 2 is 2.37 bits per heavy atom. The third kappa shape index (κ3) is 3.51. The van der Waals surface area contributed by atoms with E-state index in [1.165, 1.54) is 11.3 Å². The molecule has 1 aromatic rings. The number of nitrogens with zero attached hydrogens (tertiary/aromatic N) is 1. The van der Waals surface area contributed by atoms with Crippen LogP contribution in [0.1, 0.15) is 34.8 Å². The molecule has 1 fully saturated rings. The molecule has 0 aromatic carbocycles. The molecule has 19 heavy (non-hydrogen) atoms. The third-order valence-electron chi connectivity index (χ3n) is 3.17. The molecular formula is C12H16N2O4S. The smallest absolute Gasteiger partial charge is 0.306 e. The van der Waals surface area contributed by atoms with Crippen LogP contribution in [-0.4, -0.2) is 35.1 Å². The first kappa shape index (κ1) is 14.0. The highest BCUT2D eigenvalue weighted by Crippen LogP contribution is 2.26. The number of nitrogens with one attached hydrogen (secondary N) is 1. The lowest BCUT2D eigenvalue weighted by Crippen LogP contribution is -2.33. The molecule has 2 rings (SSSR count). The van der Waals surface area contributed by atoms with E-state index < -0.39 is 5.97 Å². The Morgan fingerprint density at radius 3 is 3.00 bits per heavy atom. The van der Waals surface area contributed by atoms with Gasteiger partial charge in [-0.3, -0.25) is 9.59 Å². The second-order valence-corrected chi connectivity index (χ2v) is 5.52. The van der Waals surface area contributed by atoms with Crippen molar-refractivity contribution in [1.29, 1.82) is 0 Å². The number of thiazole rings is 1. The number of hydrogen-bond acceptors (Lipinski definition) is 5. The van der Waals surface area contributed by atoms with Crippen LogP contribution in [0.25, 0.3) is 0 Å². The number of amides is 1. The Balaban J connectivity index is 1.88. The van der Waals surface area contributed by atoms with Gasteiger partial charge in [0.25, 0.3) is 5.91 Å². The second kappa shape index (κ2) is 6.12. The molecule has 1 aliphatic rings. The van der Waals surface area contributed by atoms with E-state index in [0.29, 0.717) is 31.6 Å². The van der Waals surface area contributed by atoms with Crippen molar-refractivity contribution in [3.8, 4) is 0 Å². The number of hydrogen-bond donors (Lipinski definition) is 2. The van der Waals surface area contributed by atoms with Gasteiger partial charge in [-0.25, -0.2) is 4.98 Å². The lowest BCUT2D eigenvalue weighted by Gasteiger charge is -2.10. The Kier molecular flexibility index (Phi) is 4.49. The molecule has 1 saturated carbocycles. The van der Waals surface area contributed by atoms with E-state index in [1.807, 2.05) is 0 Å². The van der Waals surface area contributed by atoms with Crippen molar-refractivity contribution in [2.45, 2.75) is 31.9 Å². The lowest BCUT2D eigenvalue weighted by atomic mass is 10.1. The van der Waals surface area contributed by atoms with Crippen molar-refractivity contribution >= 4 is 23.2 Å². The zero-order valence-corrected chi connectivity index (χ0v) is 11.4. The van der Waals surface area contributed by atoms with E-state index in [4.69, 9.17) is 9.84 Å². The Labute approximate surface area is 114 Å². The minimum absolute atomic E-state index is 0.0684. The molecule has 0 aliphatic heterocycles. The molecule has 0 saturated heterocycles. The van der Waals surface area contributed by atoms with E-state index in [0.717, 1.165) is 5.01 Å². The quantitative estimate of drug-likeness (QED) is 0.850. The summed E-state index contributed by atoms with van der Waals surface area (Å²) in [6.07, 6.45) is 1.82. The van der Waals surface area contributed by atoms with Gasteiger partial charge in [0.15, 0.2) is 0 Å². The molecule has 0 unspecified atom stereocenters. The van der Waals surface area contributed by atoms with E-state index in [-0.39, 0.29) is 17.9 Å². The molecule has 0 bridgehead atoms. The first-order chi connectivity index (χ1) is 9.10. The van der Waals surface area contributed by atoms with Gasteiger partial charge in [-0.05, 0) is 19.3 Å². The summed E-state index contributed by atoms with van der Waals surface area (Å²) in [7, 11) is 1.58. The average molecular weight is 284 g/mol. The first-order valence-corrected chi connectivity index (χ1v) is 6.95. The van der Waals surface area contributed by atoms with Crippen LogP contribution in [0, 0.1) is 5.92 Å². The lowest BCUT2D eigenvalue weighted by molar-refractivity contribution is -0.141. The van der Waals surface area contributed by atoms with Crippen LogP contribution < -0.4 is 5.32 Å². The number of aromatic nitrogens is 1. The van der Waals surface area contributed by atoms with Crippen LogP contribution in [0.3, 0.4) is 0 Å². The summed E-state index contributed by atoms with van der Waals surface area (Å²) in [6, 6.07) is -0.0684. The van der Waals surface area contributed by atoms with E-state index in [1.54, 1.807) is 12.5 Å². The number of carboxylic acid groups (broad SMARTS) is 1. The van der Waals surface area contributed by atoms with Gasteiger partial charge < -0.3 is 15.2 Å². The molecule has 0 radical (unpaired) electrons. The SMILES string of the molecule is COCc1nc(C(=O)N[C@@H]2CC[C@H](C(=O)O)C2)cs1. The van der Waals surface area contributed by atoms with Crippen molar-refractivity contribution < 1.29 is 19.4 Å². The molecule has 1 aromatic heterocycles. The van der Waals surface area contributed by atoms with Gasteiger partial charge in [-0.2, -0.15) is 0 Å². The summed E-state index contributed by atoms with van der Waals surface area (Å²) in [4.78, 5) is 26.9. The van der Waals surface area contributed by atoms with Gasteiger partial charge >= 0.3 is 5.97 Å². The van der Waals surface area contributed by atoms with Crippen molar-refractivity contribution in [3.63, 3.8) is 0 Å². The molecule has 2 N–H and O–H groups in total. The molecular weight excluding hydrogens is 268 g/mol. The zero-order valence-electron chi connectivity index (χ0n) is 10.6. The largest absolute Gasteiger partial charge is 0.481 e. The Hall–Kier alpha value is -1.47. The van der Waals surface area contributed by atoms with Crippen molar-refractivity contribution in [1.82, 2.24) is 10.3 Å². The maximum Gasteiger partial charge on any atom is 0.306 e. The highest BCUT2D eigenvalue weighted by Gasteiger charge is 2.30. The van der Waals surface area contributed by atoms with E-state index in [2.05, 4.69) is 10.3 Å². The summed E-state index contributed by atoms with van der Waals surface area (Å²) in [5, 5.41) is 14.2. The summed E-state index contributed by atoms with van der Waals surface area (Å²) in [5.41, 5.74) is 0.371. The number of methoxy groups -OCH3 is 1. The topological polar surface area (TPSA) is 88.5 Å². The van der Waals surface area contributed by atoms with Gasteiger partial charge in [-0.15, -0.1) is 11.3 Å². The normalized spacial score (nSPS) is 22.4. The molecule has 1 heterocycles. The van der Waals surface area contributed by atoms with Crippen LogP contribution in [0.2, 0.25) is 0 Å². The zero-order chi connectivity index (χ0) is 13.8. The fourth-order valence-corrected chi connectivity index (χ4v) is 2.95. The van der Waals surface area contributed by atoms with Gasteiger partial charge in [0, 0.05) is 18.5 Å². The minimum atomic E-state index is -0.784. The number of aliphatic carboxylic acids is 1. The Bertz CT molecular complexity index is 474. The summed E-state index contributed by atoms with van der Waals surface area (Å²) in [6.45, 7) is 0.391. The number of carboxylic acids is 1. The molecule has 0 spiro atoms. The third-order valence-corrected chi connectivity index (χ3v) is 3.99. The standard InChI is InChI=1S/C12H16N2O4S/c1-18-5-10-14-9(6-19-10)11(15)13-8-3-2-7(4-8)12(16)17/h6-8H,2-5H2,1H3,(H,13,15)(H,16,17)/t7-,8+/m0/s1. The highest BCUT2D eigenvalue weighted by atomic mass is 32.1. The number of rotatable bonds is 5. The maximum atomic E-state index is 11.9. The number of carbonyl (C=O) groups is 2. The number of ether oxygens (including phenoxy) is 1. The average Bonchev–Trinajstić information content (AvgIpc) is 2.98. The second-order valence-electron chi connectivity index (χ2n) is 4.58. The summed E-state index contributed by atoms with van der Waals surface area (Å²) < 4.78 is 4.95. The van der Waals surface area contributed by atoms with Crippen LogP contribution in [0.5, 0.6) is 0 Å². The van der Waals surface area contributed by atoms with Crippen LogP contribution in [-0.2, 0) is 16.1 Å². The molecule has 6 nitrogen and oxygen atoms in total. The van der Waals surface area contributed by atoms with Gasteiger partial charge in [0.2, 0.25) is 0 Å². The fraction of sp³-hybridized carbons (Fsp3) is 0.583. The monoisotopic (exact) mass is 284 g/mol. The molecule has 1 amide bonds. The minimum Gasteiger partial charge on any atom is -0.481 e. The van der Waals surface area contributed by atoms with Crippen LogP contribution in [0.4, 0.5) is 0 Å². The molecule has 104 valence electrons. The summed E-state index contributed by atoms with van der Waals surface area (Å²) in [5.74, 6) is -1.37. The van der Waals surface area contributed by atoms with Gasteiger partial charge in [-0.1, -0.05) is 0 Å². The molecule has 2 atom stereocenters. The summed E-state index contributed by atoms with van der Waals surface area (Å²) >= 11 is 1.37. The van der Waals surface area contributed by atoms with Crippen molar-refractivity contribution in [3.05, 3.63) is 16.1 Å². The predicted molar refractivity (Wildman–Crippen MR) is 69.1 cm³/mol. The van der Waals surface area contributed by atoms with Crippen LogP contribution >= 0.6 is 11.3 Å². The molecule has 1 aliphatic carbocycles. The van der Waals surface area contributed by atoms with E-state index in [9.17, 15) is 9.59 Å². The number of carbonyl (C=O) groups excluding carboxylic acids is 1. The first-order valence-electron chi connectivity index (χ1n) is 6.07. The van der Waals surface area contributed by atoms with Gasteiger partial charge in [0.05, 0.1) is 12.5 Å². The molecule has 7 heteroatoms. The maximum absolute atomic E-state index is 11.9. The van der Waals surface area contributed by atoms with Crippen molar-refractivity contribution in [2.24, 2.45) is 5.92 Å². The van der Waals surface area contributed by atoms with E-state index >= 15 is 0 Å². The Morgan fingerprint density at radius 1 is 1.58 bits per heavy atom. The fourth-order valence-electron chi connectivity index (χ4n) is 2.20. The van der Waals surface area contributed by atoms with Crippen molar-refractivity contribution in [2.75, 3.05) is 7.11 Å².